The molecular weight excluding hydrogens is 804 g/mol. The molecule has 0 atom stereocenters. The highest BCUT2D eigenvalue weighted by atomic mass is 35.5. The van der Waals surface area contributed by atoms with Crippen LogP contribution in [0.5, 0.6) is 0 Å². The fourth-order valence-corrected chi connectivity index (χ4v) is 12.6. The monoisotopic (exact) mass is 825 g/mol. The minimum atomic E-state index is -5.00. The van der Waals surface area contributed by atoms with Gasteiger partial charge in [0, 0.05) is 25.7 Å². The van der Waals surface area contributed by atoms with Crippen LogP contribution in [-0.4, -0.2) is 25.3 Å². The molecule has 0 unspecified atom stereocenters. The number of benzene rings is 7. The first-order valence-corrected chi connectivity index (χ1v) is 21.1. The summed E-state index contributed by atoms with van der Waals surface area (Å²) in [4.78, 5) is -1.06. The van der Waals surface area contributed by atoms with Crippen molar-refractivity contribution in [3.63, 3.8) is 0 Å². The maximum absolute atomic E-state index is 14.5. The summed E-state index contributed by atoms with van der Waals surface area (Å²) in [5.41, 5.74) is 0.114. The summed E-state index contributed by atoms with van der Waals surface area (Å²) < 4.78 is 87.1. The highest BCUT2D eigenvalue weighted by molar-refractivity contribution is 8.10. The number of anilines is 1. The van der Waals surface area contributed by atoms with Gasteiger partial charge in [-0.1, -0.05) is 119 Å². The Morgan fingerprint density at radius 2 is 0.942 bits per heavy atom. The average Bonchev–Trinajstić information content (AvgIpc) is 3.10. The lowest BCUT2D eigenvalue weighted by molar-refractivity contribution is 0.583. The number of rotatable bonds is 8. The molecule has 0 radical (unpaired) electrons. The van der Waals surface area contributed by atoms with Gasteiger partial charge >= 0.3 is 0 Å². The number of fused-ring (bicyclic) bond motifs is 2. The van der Waals surface area contributed by atoms with Crippen LogP contribution >= 0.6 is 46.4 Å². The van der Waals surface area contributed by atoms with E-state index in [1.807, 2.05) is 30.3 Å². The van der Waals surface area contributed by atoms with Crippen molar-refractivity contribution in [1.29, 1.82) is 0 Å². The number of halogens is 4. The van der Waals surface area contributed by atoms with Gasteiger partial charge in [-0.2, -0.15) is 3.71 Å². The molecule has 0 spiro atoms. The molecule has 0 N–H and O–H groups in total. The van der Waals surface area contributed by atoms with Gasteiger partial charge in [-0.15, -0.1) is 0 Å². The quantitative estimate of drug-likeness (QED) is 0.151. The first kappa shape index (κ1) is 36.2. The predicted octanol–water partition coefficient (Wildman–Crippen LogP) is 10.7. The van der Waals surface area contributed by atoms with Crippen LogP contribution in [0.2, 0.25) is 20.1 Å². The Balaban J connectivity index is 1.49. The molecule has 0 fully saturated rings. The summed E-state index contributed by atoms with van der Waals surface area (Å²) in [5, 5.41) is 2.59. The van der Waals surface area contributed by atoms with Crippen molar-refractivity contribution in [3.8, 4) is 11.1 Å². The van der Waals surface area contributed by atoms with Gasteiger partial charge in [-0.05, 0) is 93.8 Å². The average molecular weight is 828 g/mol. The van der Waals surface area contributed by atoms with E-state index in [1.165, 1.54) is 42.5 Å². The zero-order chi connectivity index (χ0) is 37.0. The molecule has 0 bridgehead atoms. The smallest absolute Gasteiger partial charge is 0.218 e. The third-order valence-electron chi connectivity index (χ3n) is 8.26. The summed E-state index contributed by atoms with van der Waals surface area (Å²) in [7, 11) is -14.2. The van der Waals surface area contributed by atoms with Crippen LogP contribution in [0.1, 0.15) is 0 Å². The van der Waals surface area contributed by atoms with Crippen molar-refractivity contribution in [1.82, 2.24) is 0 Å². The zero-order valence-corrected chi connectivity index (χ0v) is 31.9. The zero-order valence-electron chi connectivity index (χ0n) is 26.4. The Bertz CT molecular complexity index is 2800. The second kappa shape index (κ2) is 13.7. The Morgan fingerprint density at radius 3 is 1.54 bits per heavy atom. The lowest BCUT2D eigenvalue weighted by atomic mass is 9.98. The van der Waals surface area contributed by atoms with Crippen LogP contribution < -0.4 is 3.71 Å². The molecule has 262 valence electrons. The van der Waals surface area contributed by atoms with E-state index in [9.17, 15) is 25.3 Å². The molecule has 7 aromatic rings. The Labute approximate surface area is 320 Å². The summed E-state index contributed by atoms with van der Waals surface area (Å²) >= 11 is 24.7. The van der Waals surface area contributed by atoms with Gasteiger partial charge in [0.15, 0.2) is 0 Å². The summed E-state index contributed by atoms with van der Waals surface area (Å²) in [6.45, 7) is 0. The molecule has 7 aromatic carbocycles. The fourth-order valence-electron chi connectivity index (χ4n) is 5.96. The van der Waals surface area contributed by atoms with Crippen molar-refractivity contribution in [2.45, 2.75) is 19.6 Å². The van der Waals surface area contributed by atoms with Gasteiger partial charge in [0.25, 0.3) is 20.0 Å². The third-order valence-corrected chi connectivity index (χ3v) is 15.1. The van der Waals surface area contributed by atoms with Gasteiger partial charge in [0.05, 0.1) is 25.3 Å². The summed E-state index contributed by atoms with van der Waals surface area (Å²) in [6.07, 6.45) is 0. The van der Waals surface area contributed by atoms with Crippen LogP contribution in [0.15, 0.2) is 159 Å². The van der Waals surface area contributed by atoms with E-state index in [1.54, 1.807) is 42.5 Å². The third kappa shape index (κ3) is 6.65. The standard InChI is InChI=1S/C38H23Cl4NO6S3/c39-28-18-29(40)21-34(20-28)51(46,47)43(52(48,49)35-22-30(41)19-31(42)23-35)32-10-5-9-27(16-32)38-36-11-4-3-7-25(36)13-15-37(38)50(44,45)33-14-12-24-6-1-2-8-26(24)17-33/h1-23H. The van der Waals surface area contributed by atoms with Crippen LogP contribution in [0.3, 0.4) is 0 Å². The summed E-state index contributed by atoms with van der Waals surface area (Å²) in [6, 6.07) is 34.9. The molecular formula is C38H23Cl4NO6S3. The van der Waals surface area contributed by atoms with Crippen LogP contribution in [0, 0.1) is 0 Å². The maximum Gasteiger partial charge on any atom is 0.277 e. The Kier molecular flexibility index (Phi) is 9.54. The van der Waals surface area contributed by atoms with Crippen molar-refractivity contribution >= 4 is 104 Å². The predicted molar refractivity (Wildman–Crippen MR) is 209 cm³/mol. The molecule has 7 rings (SSSR count). The van der Waals surface area contributed by atoms with Crippen molar-refractivity contribution < 1.29 is 25.3 Å². The van der Waals surface area contributed by atoms with E-state index in [4.69, 9.17) is 46.4 Å². The van der Waals surface area contributed by atoms with Gasteiger partial charge in [0.1, 0.15) is 0 Å². The minimum Gasteiger partial charge on any atom is -0.218 e. The van der Waals surface area contributed by atoms with Gasteiger partial charge < -0.3 is 0 Å². The Morgan fingerprint density at radius 1 is 0.423 bits per heavy atom. The topological polar surface area (TPSA) is 106 Å². The van der Waals surface area contributed by atoms with E-state index in [0.717, 1.165) is 35.0 Å². The van der Waals surface area contributed by atoms with E-state index in [-0.39, 0.29) is 50.4 Å². The molecule has 14 heteroatoms. The number of hydrogen-bond donors (Lipinski definition) is 0. The maximum atomic E-state index is 14.5. The van der Waals surface area contributed by atoms with E-state index in [2.05, 4.69) is 0 Å². The molecule has 0 aliphatic rings. The largest absolute Gasteiger partial charge is 0.277 e. The second-order valence-corrected chi connectivity index (χ2v) is 19.1. The second-order valence-electron chi connectivity index (χ2n) is 11.6. The molecule has 0 amide bonds. The molecule has 0 aromatic heterocycles. The SMILES string of the molecule is O=S(=O)(c1ccc2ccccc2c1)c1ccc2ccccc2c1-c1cccc(N(S(=O)(=O)c2cc(Cl)cc(Cl)c2)S(=O)(=O)c2cc(Cl)cc(Cl)c2)c1. The molecule has 0 heterocycles. The number of sulfone groups is 1. The van der Waals surface area contributed by atoms with Crippen LogP contribution in [0.25, 0.3) is 32.7 Å². The van der Waals surface area contributed by atoms with Crippen molar-refractivity contribution in [2.75, 3.05) is 3.71 Å². The fraction of sp³-hybridized carbons (Fsp3) is 0. The molecule has 0 aliphatic heterocycles. The highest BCUT2D eigenvalue weighted by Gasteiger charge is 2.38. The van der Waals surface area contributed by atoms with Crippen LogP contribution in [-0.2, 0) is 29.9 Å². The summed E-state index contributed by atoms with van der Waals surface area (Å²) in [5.74, 6) is 0. The van der Waals surface area contributed by atoms with Gasteiger partial charge in [-0.3, -0.25) is 0 Å². The van der Waals surface area contributed by atoms with Crippen molar-refractivity contribution in [2.24, 2.45) is 0 Å². The van der Waals surface area contributed by atoms with Crippen molar-refractivity contribution in [3.05, 3.63) is 160 Å². The first-order valence-electron chi connectivity index (χ1n) is 15.3. The van der Waals surface area contributed by atoms with E-state index < -0.39 is 39.7 Å². The normalized spacial score (nSPS) is 12.3. The first-order chi connectivity index (χ1) is 24.7. The van der Waals surface area contributed by atoms with Gasteiger partial charge in [-0.25, -0.2) is 25.3 Å². The number of nitrogens with zero attached hydrogens (tertiary/aromatic N) is 1. The van der Waals surface area contributed by atoms with E-state index >= 15 is 0 Å². The van der Waals surface area contributed by atoms with E-state index in [0.29, 0.717) is 10.8 Å². The molecule has 7 nitrogen and oxygen atoms in total. The van der Waals surface area contributed by atoms with Gasteiger partial charge in [0.2, 0.25) is 9.84 Å². The lowest BCUT2D eigenvalue weighted by Gasteiger charge is -2.25. The lowest BCUT2D eigenvalue weighted by Crippen LogP contribution is -2.37. The molecule has 0 saturated carbocycles. The Hall–Kier alpha value is -4.13. The van der Waals surface area contributed by atoms with Crippen LogP contribution in [0.4, 0.5) is 5.69 Å². The number of hydrogen-bond acceptors (Lipinski definition) is 6. The number of sulfonamides is 2. The minimum absolute atomic E-state index is 0.0429. The highest BCUT2D eigenvalue weighted by Crippen LogP contribution is 2.41. The molecule has 0 saturated heterocycles. The molecule has 0 aliphatic carbocycles. The molecule has 52 heavy (non-hydrogen) atoms.